The Morgan fingerprint density at radius 2 is 2.24 bits per heavy atom. The summed E-state index contributed by atoms with van der Waals surface area (Å²) in [7, 11) is 0. The number of H-pyrrole nitrogens is 1. The average Bonchev–Trinajstić information content (AvgIpc) is 2.98. The highest BCUT2D eigenvalue weighted by Gasteiger charge is 2.20. The maximum absolute atomic E-state index is 11.8. The molecular weight excluding hydrogens is 272 g/mol. The van der Waals surface area contributed by atoms with Crippen molar-refractivity contribution in [2.75, 3.05) is 0 Å². The minimum absolute atomic E-state index is 0.171. The third-order valence-corrected chi connectivity index (χ3v) is 2.95. The van der Waals surface area contributed by atoms with Crippen LogP contribution in [-0.4, -0.2) is 38.0 Å². The van der Waals surface area contributed by atoms with Crippen molar-refractivity contribution in [1.29, 1.82) is 0 Å². The van der Waals surface area contributed by atoms with Gasteiger partial charge in [0, 0.05) is 36.6 Å². The highest BCUT2D eigenvalue weighted by Crippen LogP contribution is 2.02. The lowest BCUT2D eigenvalue weighted by molar-refractivity contribution is -0.141. The number of hydrogen-bond acceptors (Lipinski definition) is 4. The summed E-state index contributed by atoms with van der Waals surface area (Å²) in [6.45, 7) is 0. The van der Waals surface area contributed by atoms with Gasteiger partial charge < -0.3 is 15.4 Å². The van der Waals surface area contributed by atoms with Crippen LogP contribution in [0.3, 0.4) is 0 Å². The fourth-order valence-electron chi connectivity index (χ4n) is 1.87. The molecule has 0 aliphatic heterocycles. The van der Waals surface area contributed by atoms with Gasteiger partial charge in [0.05, 0.1) is 6.33 Å². The number of pyridine rings is 1. The first-order valence-corrected chi connectivity index (χ1v) is 6.54. The quantitative estimate of drug-likeness (QED) is 0.689. The molecular formula is C14H16N4O3. The van der Waals surface area contributed by atoms with Crippen molar-refractivity contribution in [3.05, 3.63) is 48.3 Å². The fourth-order valence-corrected chi connectivity index (χ4v) is 1.87. The first-order valence-electron chi connectivity index (χ1n) is 6.54. The van der Waals surface area contributed by atoms with E-state index in [9.17, 15) is 9.59 Å². The molecule has 0 unspecified atom stereocenters. The molecule has 0 bridgehead atoms. The van der Waals surface area contributed by atoms with Gasteiger partial charge in [0.1, 0.15) is 6.04 Å². The average molecular weight is 288 g/mol. The van der Waals surface area contributed by atoms with Crippen LogP contribution in [0.25, 0.3) is 0 Å². The number of rotatable bonds is 7. The smallest absolute Gasteiger partial charge is 0.326 e. The molecule has 7 heteroatoms. The number of nitrogens with one attached hydrogen (secondary N) is 2. The largest absolute Gasteiger partial charge is 0.480 e. The van der Waals surface area contributed by atoms with E-state index in [0.29, 0.717) is 12.1 Å². The van der Waals surface area contributed by atoms with Gasteiger partial charge in [0.25, 0.3) is 0 Å². The summed E-state index contributed by atoms with van der Waals surface area (Å²) in [5, 5.41) is 11.7. The molecule has 0 fully saturated rings. The van der Waals surface area contributed by atoms with Crippen LogP contribution in [-0.2, 0) is 22.4 Å². The van der Waals surface area contributed by atoms with Gasteiger partial charge in [-0.1, -0.05) is 6.07 Å². The third kappa shape index (κ3) is 4.72. The van der Waals surface area contributed by atoms with Crippen LogP contribution in [0.1, 0.15) is 17.8 Å². The van der Waals surface area contributed by atoms with Crippen LogP contribution in [0, 0.1) is 0 Å². The third-order valence-electron chi connectivity index (χ3n) is 2.95. The molecule has 7 nitrogen and oxygen atoms in total. The van der Waals surface area contributed by atoms with E-state index >= 15 is 0 Å². The molecule has 0 saturated carbocycles. The van der Waals surface area contributed by atoms with Crippen LogP contribution in [0.5, 0.6) is 0 Å². The Balaban J connectivity index is 1.85. The van der Waals surface area contributed by atoms with Crippen LogP contribution >= 0.6 is 0 Å². The molecule has 0 aliphatic rings. The molecule has 110 valence electrons. The maximum atomic E-state index is 11.8. The van der Waals surface area contributed by atoms with Crippen molar-refractivity contribution < 1.29 is 14.7 Å². The minimum Gasteiger partial charge on any atom is -0.480 e. The molecule has 0 radical (unpaired) electrons. The van der Waals surface area contributed by atoms with Crippen LogP contribution in [0.15, 0.2) is 36.9 Å². The van der Waals surface area contributed by atoms with Gasteiger partial charge in [-0.2, -0.15) is 0 Å². The number of amides is 1. The summed E-state index contributed by atoms with van der Waals surface area (Å²) in [6.07, 6.45) is 5.51. The van der Waals surface area contributed by atoms with Gasteiger partial charge in [-0.15, -0.1) is 0 Å². The number of aliphatic carboxylic acids is 1. The Bertz CT molecular complexity index is 584. The molecule has 0 spiro atoms. The lowest BCUT2D eigenvalue weighted by Crippen LogP contribution is -2.42. The van der Waals surface area contributed by atoms with Crippen molar-refractivity contribution >= 4 is 11.9 Å². The second kappa shape index (κ2) is 7.18. The van der Waals surface area contributed by atoms with Crippen molar-refractivity contribution in [3.63, 3.8) is 0 Å². The van der Waals surface area contributed by atoms with Gasteiger partial charge in [-0.3, -0.25) is 9.78 Å². The number of carbonyl (C=O) groups excluding carboxylic acids is 1. The van der Waals surface area contributed by atoms with E-state index in [1.54, 1.807) is 12.3 Å². The number of carboxylic acid groups (broad SMARTS) is 1. The van der Waals surface area contributed by atoms with Crippen molar-refractivity contribution in [2.45, 2.75) is 25.3 Å². The molecule has 2 rings (SSSR count). The molecule has 0 aromatic carbocycles. The normalized spacial score (nSPS) is 11.8. The molecule has 2 aromatic rings. The van der Waals surface area contributed by atoms with E-state index in [2.05, 4.69) is 20.3 Å². The summed E-state index contributed by atoms with van der Waals surface area (Å²) in [4.78, 5) is 33.8. The molecule has 2 heterocycles. The zero-order valence-corrected chi connectivity index (χ0v) is 11.3. The van der Waals surface area contributed by atoms with Crippen molar-refractivity contribution in [2.24, 2.45) is 0 Å². The summed E-state index contributed by atoms with van der Waals surface area (Å²) in [5.74, 6) is -1.39. The predicted octanol–water partition coefficient (Wildman–Crippen LogP) is 0.549. The number of imidazole rings is 1. The first kappa shape index (κ1) is 14.7. The lowest BCUT2D eigenvalue weighted by Gasteiger charge is -2.13. The molecule has 1 atom stereocenters. The Hall–Kier alpha value is -2.70. The summed E-state index contributed by atoms with van der Waals surface area (Å²) in [6, 6.07) is 4.50. The van der Waals surface area contributed by atoms with Crippen molar-refractivity contribution in [1.82, 2.24) is 20.3 Å². The standard InChI is InChI=1S/C14H16N4O3/c19-13(5-4-10-3-1-2-6-16-10)18-12(14(20)21)7-11-8-15-9-17-11/h1-3,6,8-9,12H,4-5,7H2,(H,15,17)(H,18,19)(H,20,21)/t12-/m0/s1. The summed E-state index contributed by atoms with van der Waals surface area (Å²) >= 11 is 0. The van der Waals surface area contributed by atoms with Crippen molar-refractivity contribution in [3.8, 4) is 0 Å². The first-order chi connectivity index (χ1) is 10.1. The highest BCUT2D eigenvalue weighted by molar-refractivity contribution is 5.83. The summed E-state index contributed by atoms with van der Waals surface area (Å²) < 4.78 is 0. The number of hydrogen-bond donors (Lipinski definition) is 3. The molecule has 3 N–H and O–H groups in total. The Labute approximate surface area is 121 Å². The number of carboxylic acids is 1. The van der Waals surface area contributed by atoms with Gasteiger partial charge in [-0.25, -0.2) is 9.78 Å². The Morgan fingerprint density at radius 1 is 1.38 bits per heavy atom. The van der Waals surface area contributed by atoms with E-state index in [1.165, 1.54) is 12.5 Å². The minimum atomic E-state index is -1.07. The van der Waals surface area contributed by atoms with E-state index in [-0.39, 0.29) is 18.7 Å². The maximum Gasteiger partial charge on any atom is 0.326 e. The summed E-state index contributed by atoms with van der Waals surface area (Å²) in [5.41, 5.74) is 1.46. The zero-order chi connectivity index (χ0) is 15.1. The van der Waals surface area contributed by atoms with Crippen LogP contribution in [0.4, 0.5) is 0 Å². The fraction of sp³-hybridized carbons (Fsp3) is 0.286. The van der Waals surface area contributed by atoms with Crippen LogP contribution in [0.2, 0.25) is 0 Å². The van der Waals surface area contributed by atoms with E-state index in [4.69, 9.17) is 5.11 Å². The number of aromatic amines is 1. The molecule has 1 amide bonds. The van der Waals surface area contributed by atoms with Crippen LogP contribution < -0.4 is 5.32 Å². The van der Waals surface area contributed by atoms with Gasteiger partial charge >= 0.3 is 5.97 Å². The SMILES string of the molecule is O=C(CCc1ccccn1)N[C@@H](Cc1cnc[nH]1)C(=O)O. The van der Waals surface area contributed by atoms with E-state index in [1.807, 2.05) is 12.1 Å². The van der Waals surface area contributed by atoms with Gasteiger partial charge in [0.15, 0.2) is 0 Å². The van der Waals surface area contributed by atoms with Gasteiger partial charge in [-0.05, 0) is 18.6 Å². The second-order valence-electron chi connectivity index (χ2n) is 4.56. The molecule has 0 saturated heterocycles. The monoisotopic (exact) mass is 288 g/mol. The van der Waals surface area contributed by atoms with E-state index < -0.39 is 12.0 Å². The molecule has 21 heavy (non-hydrogen) atoms. The van der Waals surface area contributed by atoms with E-state index in [0.717, 1.165) is 5.69 Å². The number of carbonyl (C=O) groups is 2. The second-order valence-corrected chi connectivity index (χ2v) is 4.56. The lowest BCUT2D eigenvalue weighted by atomic mass is 10.1. The molecule has 2 aromatic heterocycles. The number of aromatic nitrogens is 3. The molecule has 0 aliphatic carbocycles. The van der Waals surface area contributed by atoms with Gasteiger partial charge in [0.2, 0.25) is 5.91 Å². The Kier molecular flexibility index (Phi) is 5.03. The number of nitrogens with zero attached hydrogens (tertiary/aromatic N) is 2. The highest BCUT2D eigenvalue weighted by atomic mass is 16.4. The number of aryl methyl sites for hydroxylation is 1. The Morgan fingerprint density at radius 3 is 2.86 bits per heavy atom. The zero-order valence-electron chi connectivity index (χ0n) is 11.3. The predicted molar refractivity (Wildman–Crippen MR) is 74.4 cm³/mol. The topological polar surface area (TPSA) is 108 Å².